The molecule has 0 aliphatic heterocycles. The van der Waals surface area contributed by atoms with E-state index in [4.69, 9.17) is 27.9 Å². The van der Waals surface area contributed by atoms with Gasteiger partial charge in [-0.05, 0) is 30.7 Å². The molecule has 0 aliphatic rings. The first kappa shape index (κ1) is 18.8. The number of hydrogen-bond donors (Lipinski definition) is 0. The van der Waals surface area contributed by atoms with E-state index in [-0.39, 0.29) is 5.91 Å². The highest BCUT2D eigenvalue weighted by molar-refractivity contribution is 6.31. The van der Waals surface area contributed by atoms with Crippen molar-refractivity contribution >= 4 is 29.1 Å². The number of halogens is 2. The molecule has 1 heterocycles. The molecule has 0 saturated heterocycles. The van der Waals surface area contributed by atoms with Crippen LogP contribution in [-0.2, 0) is 22.6 Å². The molecule has 0 aliphatic carbocycles. The molecule has 1 aromatic carbocycles. The second kappa shape index (κ2) is 9.11. The Morgan fingerprint density at radius 1 is 1.29 bits per heavy atom. The van der Waals surface area contributed by atoms with Gasteiger partial charge in [-0.15, -0.1) is 11.6 Å². The molecule has 0 bridgehead atoms. The molecule has 0 N–H and O–H groups in total. The Hall–Kier alpha value is -1.49. The first-order chi connectivity index (χ1) is 11.5. The average Bonchev–Trinajstić information content (AvgIpc) is 2.99. The Bertz CT molecular complexity index is 671. The van der Waals surface area contributed by atoms with Crippen LogP contribution in [0.5, 0.6) is 0 Å². The second-order valence-electron chi connectivity index (χ2n) is 5.59. The number of methoxy groups -OCH3 is 1. The van der Waals surface area contributed by atoms with Gasteiger partial charge in [-0.25, -0.2) is 0 Å². The molecule has 2 aromatic rings. The van der Waals surface area contributed by atoms with Gasteiger partial charge in [0.05, 0.1) is 13.2 Å². The number of alkyl halides is 1. The molecule has 1 atom stereocenters. The average molecular weight is 369 g/mol. The number of aromatic nitrogens is 1. The topological polar surface area (TPSA) is 34.5 Å². The van der Waals surface area contributed by atoms with Gasteiger partial charge >= 0.3 is 0 Å². The van der Waals surface area contributed by atoms with Crippen LogP contribution < -0.4 is 0 Å². The quantitative estimate of drug-likeness (QED) is 0.664. The second-order valence-corrected chi connectivity index (χ2v) is 6.65. The maximum absolute atomic E-state index is 12.3. The lowest BCUT2D eigenvalue weighted by atomic mass is 10.2. The molecule has 4 nitrogen and oxygen atoms in total. The fourth-order valence-corrected chi connectivity index (χ4v) is 2.81. The van der Waals surface area contributed by atoms with Gasteiger partial charge in [-0.1, -0.05) is 29.8 Å². The van der Waals surface area contributed by atoms with Crippen molar-refractivity contribution in [2.75, 3.05) is 20.3 Å². The zero-order valence-corrected chi connectivity index (χ0v) is 15.4. The van der Waals surface area contributed by atoms with Crippen LogP contribution in [0, 0.1) is 0 Å². The van der Waals surface area contributed by atoms with Gasteiger partial charge in [-0.2, -0.15) is 0 Å². The molecule has 0 radical (unpaired) electrons. The minimum Gasteiger partial charge on any atom is -0.383 e. The van der Waals surface area contributed by atoms with Crippen molar-refractivity contribution in [2.24, 2.45) is 0 Å². The molecule has 0 spiro atoms. The molecule has 1 aromatic heterocycles. The molecule has 130 valence electrons. The Labute approximate surface area is 152 Å². The van der Waals surface area contributed by atoms with Gasteiger partial charge in [0.1, 0.15) is 5.38 Å². The highest BCUT2D eigenvalue weighted by Gasteiger charge is 2.19. The van der Waals surface area contributed by atoms with Crippen molar-refractivity contribution in [1.82, 2.24) is 9.47 Å². The van der Waals surface area contributed by atoms with Crippen molar-refractivity contribution in [3.05, 3.63) is 58.9 Å². The lowest BCUT2D eigenvalue weighted by molar-refractivity contribution is -0.131. The van der Waals surface area contributed by atoms with Crippen LogP contribution in [0.25, 0.3) is 0 Å². The highest BCUT2D eigenvalue weighted by Crippen LogP contribution is 2.18. The smallest absolute Gasteiger partial charge is 0.240 e. The standard InChI is InChI=1S/C18H22Cl2N2O2/c1-14(19)18(23)22(10-11-24-2)13-16-7-5-9-21(16)12-15-6-3-4-8-17(15)20/h3-9,14H,10-13H2,1-2H3. The molecule has 0 fully saturated rings. The summed E-state index contributed by atoms with van der Waals surface area (Å²) in [7, 11) is 1.62. The van der Waals surface area contributed by atoms with Crippen LogP contribution in [-0.4, -0.2) is 41.0 Å². The molecule has 6 heteroatoms. The molecule has 0 saturated carbocycles. The maximum Gasteiger partial charge on any atom is 0.240 e. The summed E-state index contributed by atoms with van der Waals surface area (Å²) in [5.41, 5.74) is 2.06. The normalized spacial score (nSPS) is 12.2. The number of benzene rings is 1. The fourth-order valence-electron chi connectivity index (χ4n) is 2.47. The van der Waals surface area contributed by atoms with E-state index in [2.05, 4.69) is 4.57 Å². The SMILES string of the molecule is COCCN(Cc1cccn1Cc1ccccc1Cl)C(=O)C(C)Cl. The molecule has 24 heavy (non-hydrogen) atoms. The summed E-state index contributed by atoms with van der Waals surface area (Å²) in [6.45, 7) is 3.80. The summed E-state index contributed by atoms with van der Waals surface area (Å²) in [4.78, 5) is 14.0. The lowest BCUT2D eigenvalue weighted by Crippen LogP contribution is -2.38. The van der Waals surface area contributed by atoms with Gasteiger partial charge in [0.15, 0.2) is 0 Å². The zero-order valence-electron chi connectivity index (χ0n) is 13.9. The van der Waals surface area contributed by atoms with Crippen LogP contribution in [0.4, 0.5) is 0 Å². The van der Waals surface area contributed by atoms with Crippen LogP contribution in [0.15, 0.2) is 42.6 Å². The maximum atomic E-state index is 12.3. The number of amides is 1. The summed E-state index contributed by atoms with van der Waals surface area (Å²) < 4.78 is 7.19. The summed E-state index contributed by atoms with van der Waals surface area (Å²) in [5, 5.41) is 0.174. The highest BCUT2D eigenvalue weighted by atomic mass is 35.5. The van der Waals surface area contributed by atoms with Gasteiger partial charge in [0, 0.05) is 37.1 Å². The molecule has 1 amide bonds. The van der Waals surface area contributed by atoms with E-state index in [0.29, 0.717) is 26.2 Å². The van der Waals surface area contributed by atoms with Crippen LogP contribution >= 0.6 is 23.2 Å². The van der Waals surface area contributed by atoms with E-state index in [9.17, 15) is 4.79 Å². The van der Waals surface area contributed by atoms with E-state index in [0.717, 1.165) is 16.3 Å². The fraction of sp³-hybridized carbons (Fsp3) is 0.389. The molecular weight excluding hydrogens is 347 g/mol. The largest absolute Gasteiger partial charge is 0.383 e. The summed E-state index contributed by atoms with van der Waals surface area (Å²) in [5.74, 6) is -0.0980. The Balaban J connectivity index is 2.15. The molecular formula is C18H22Cl2N2O2. The summed E-state index contributed by atoms with van der Waals surface area (Å²) >= 11 is 12.2. The predicted octanol–water partition coefficient (Wildman–Crippen LogP) is 3.79. The van der Waals surface area contributed by atoms with Crippen LogP contribution in [0.3, 0.4) is 0 Å². The Morgan fingerprint density at radius 3 is 2.71 bits per heavy atom. The first-order valence-electron chi connectivity index (χ1n) is 7.82. The molecule has 1 unspecified atom stereocenters. The van der Waals surface area contributed by atoms with E-state index in [1.54, 1.807) is 18.9 Å². The summed E-state index contributed by atoms with van der Waals surface area (Å²) in [6, 6.07) is 11.7. The third kappa shape index (κ3) is 5.00. The number of ether oxygens (including phenoxy) is 1. The van der Waals surface area contributed by atoms with Crippen molar-refractivity contribution in [3.63, 3.8) is 0 Å². The third-order valence-electron chi connectivity index (χ3n) is 3.79. The number of hydrogen-bond acceptors (Lipinski definition) is 2. The van der Waals surface area contributed by atoms with Crippen molar-refractivity contribution in [1.29, 1.82) is 0 Å². The monoisotopic (exact) mass is 368 g/mol. The van der Waals surface area contributed by atoms with Gasteiger partial charge in [-0.3, -0.25) is 4.79 Å². The van der Waals surface area contributed by atoms with Gasteiger partial charge in [0.2, 0.25) is 5.91 Å². The van der Waals surface area contributed by atoms with E-state index < -0.39 is 5.38 Å². The predicted molar refractivity (Wildman–Crippen MR) is 97.6 cm³/mol. The minimum absolute atomic E-state index is 0.0980. The number of carbonyl (C=O) groups is 1. The Morgan fingerprint density at radius 2 is 2.04 bits per heavy atom. The minimum atomic E-state index is -0.561. The van der Waals surface area contributed by atoms with E-state index >= 15 is 0 Å². The zero-order chi connectivity index (χ0) is 17.5. The van der Waals surface area contributed by atoms with Gasteiger partial charge in [0.25, 0.3) is 0 Å². The third-order valence-corrected chi connectivity index (χ3v) is 4.35. The van der Waals surface area contributed by atoms with E-state index in [1.807, 2.05) is 42.6 Å². The number of carbonyl (C=O) groups excluding carboxylic acids is 1. The van der Waals surface area contributed by atoms with Gasteiger partial charge < -0.3 is 14.2 Å². The van der Waals surface area contributed by atoms with Crippen molar-refractivity contribution < 1.29 is 9.53 Å². The number of nitrogens with zero attached hydrogens (tertiary/aromatic N) is 2. The lowest BCUT2D eigenvalue weighted by Gasteiger charge is -2.24. The first-order valence-corrected chi connectivity index (χ1v) is 8.63. The van der Waals surface area contributed by atoms with Crippen LogP contribution in [0.1, 0.15) is 18.2 Å². The number of rotatable bonds is 8. The van der Waals surface area contributed by atoms with E-state index in [1.165, 1.54) is 0 Å². The van der Waals surface area contributed by atoms with Crippen molar-refractivity contribution in [2.45, 2.75) is 25.4 Å². The van der Waals surface area contributed by atoms with Crippen molar-refractivity contribution in [3.8, 4) is 0 Å². The van der Waals surface area contributed by atoms with Crippen LogP contribution in [0.2, 0.25) is 5.02 Å². The summed E-state index contributed by atoms with van der Waals surface area (Å²) in [6.07, 6.45) is 1.99. The molecule has 2 rings (SSSR count). The Kier molecular flexibility index (Phi) is 7.16.